The summed E-state index contributed by atoms with van der Waals surface area (Å²) in [5, 5.41) is 0. The molecule has 2 heteroatoms. The first kappa shape index (κ1) is 18.0. The minimum atomic E-state index is -0.349. The zero-order chi connectivity index (χ0) is 17.3. The molecule has 0 saturated heterocycles. The highest BCUT2D eigenvalue weighted by Gasteiger charge is 2.57. The number of carbonyl (C=O) groups is 1. The Bertz CT molecular complexity index is 530. The molecular weight excluding hydrogens is 284 g/mol. The van der Waals surface area contributed by atoms with Crippen LogP contribution < -0.4 is 0 Å². The monoisotopic (exact) mass is 316 g/mol. The van der Waals surface area contributed by atoms with E-state index >= 15 is 0 Å². The second-order valence-electron chi connectivity index (χ2n) is 7.96. The number of rotatable bonds is 4. The van der Waals surface area contributed by atoms with Gasteiger partial charge < -0.3 is 4.74 Å². The van der Waals surface area contributed by atoms with Crippen molar-refractivity contribution in [3.05, 3.63) is 36.5 Å². The van der Waals surface area contributed by atoms with Crippen LogP contribution in [-0.2, 0) is 9.53 Å². The van der Waals surface area contributed by atoms with E-state index in [1.165, 1.54) is 24.7 Å². The Balaban J connectivity index is 2.36. The highest BCUT2D eigenvalue weighted by molar-refractivity contribution is 5.77. The number of hydrogen-bond acceptors (Lipinski definition) is 2. The predicted molar refractivity (Wildman–Crippen MR) is 96.0 cm³/mol. The van der Waals surface area contributed by atoms with E-state index in [2.05, 4.69) is 40.0 Å². The average Bonchev–Trinajstić information content (AvgIpc) is 2.52. The maximum Gasteiger partial charge on any atom is 0.311 e. The fraction of sp³-hybridized carbons (Fsp3) is 0.667. The van der Waals surface area contributed by atoms with E-state index in [1.807, 2.05) is 6.08 Å². The number of hydrogen-bond donors (Lipinski definition) is 0. The molecule has 0 aliphatic heterocycles. The molecule has 0 amide bonds. The molecule has 0 unspecified atom stereocenters. The van der Waals surface area contributed by atoms with Crippen molar-refractivity contribution in [2.45, 2.75) is 59.3 Å². The van der Waals surface area contributed by atoms with Crippen molar-refractivity contribution in [2.75, 3.05) is 7.11 Å². The van der Waals surface area contributed by atoms with E-state index in [1.54, 1.807) is 0 Å². The minimum Gasteiger partial charge on any atom is -0.469 e. The molecule has 4 atom stereocenters. The summed E-state index contributed by atoms with van der Waals surface area (Å²) in [7, 11) is 1.52. The van der Waals surface area contributed by atoms with Crippen molar-refractivity contribution >= 4 is 5.97 Å². The molecule has 0 aromatic rings. The summed E-state index contributed by atoms with van der Waals surface area (Å²) in [6, 6.07) is 0. The normalized spacial score (nSPS) is 37.9. The molecule has 2 aliphatic rings. The Morgan fingerprint density at radius 1 is 1.39 bits per heavy atom. The molecule has 0 heterocycles. The first-order chi connectivity index (χ1) is 10.8. The summed E-state index contributed by atoms with van der Waals surface area (Å²) in [5.41, 5.74) is 2.35. The van der Waals surface area contributed by atoms with E-state index in [0.29, 0.717) is 11.8 Å². The standard InChI is InChI=1S/C21H32O2/c1-7-15(2)9-11-17-16(3)10-12-18-20(17,4)13-8-14-21(18,5)19(22)23-6/h7,9,17-18H,1,3,8,10-14H2,2,4-6H3/b15-9+/t17-,18+,20+,21+/m0/s1. The van der Waals surface area contributed by atoms with E-state index in [-0.39, 0.29) is 16.8 Å². The molecule has 2 fully saturated rings. The van der Waals surface area contributed by atoms with Crippen LogP contribution in [0.5, 0.6) is 0 Å². The number of carbonyl (C=O) groups excluding carboxylic acids is 1. The van der Waals surface area contributed by atoms with Crippen LogP contribution in [0, 0.1) is 22.7 Å². The maximum atomic E-state index is 12.5. The number of ether oxygens (including phenoxy) is 1. The van der Waals surface area contributed by atoms with Crippen LogP contribution in [0.15, 0.2) is 36.5 Å². The molecule has 2 rings (SSSR count). The molecular formula is C21H32O2. The Morgan fingerprint density at radius 2 is 2.09 bits per heavy atom. The highest BCUT2D eigenvalue weighted by atomic mass is 16.5. The lowest BCUT2D eigenvalue weighted by atomic mass is 9.46. The molecule has 0 aromatic heterocycles. The van der Waals surface area contributed by atoms with Crippen LogP contribution >= 0.6 is 0 Å². The molecule has 0 spiro atoms. The summed E-state index contributed by atoms with van der Waals surface area (Å²) < 4.78 is 5.18. The van der Waals surface area contributed by atoms with Gasteiger partial charge in [0.25, 0.3) is 0 Å². The summed E-state index contributed by atoms with van der Waals surface area (Å²) in [4.78, 5) is 12.5. The van der Waals surface area contributed by atoms with Crippen LogP contribution in [0.2, 0.25) is 0 Å². The highest BCUT2D eigenvalue weighted by Crippen LogP contribution is 2.62. The zero-order valence-corrected chi connectivity index (χ0v) is 15.3. The van der Waals surface area contributed by atoms with Gasteiger partial charge >= 0.3 is 5.97 Å². The van der Waals surface area contributed by atoms with Gasteiger partial charge in [-0.2, -0.15) is 0 Å². The van der Waals surface area contributed by atoms with Crippen molar-refractivity contribution in [3.8, 4) is 0 Å². The van der Waals surface area contributed by atoms with Gasteiger partial charge in [-0.3, -0.25) is 4.79 Å². The van der Waals surface area contributed by atoms with Gasteiger partial charge in [-0.05, 0) is 63.2 Å². The fourth-order valence-corrected chi connectivity index (χ4v) is 5.25. The third kappa shape index (κ3) is 3.05. The summed E-state index contributed by atoms with van der Waals surface area (Å²) >= 11 is 0. The molecule has 2 aliphatic carbocycles. The van der Waals surface area contributed by atoms with Gasteiger partial charge in [-0.15, -0.1) is 0 Å². The lowest BCUT2D eigenvalue weighted by molar-refractivity contribution is -0.167. The summed E-state index contributed by atoms with van der Waals surface area (Å²) in [6.45, 7) is 14.8. The number of esters is 1. The lowest BCUT2D eigenvalue weighted by Crippen LogP contribution is -2.53. The van der Waals surface area contributed by atoms with Gasteiger partial charge in [0, 0.05) is 0 Å². The maximum absolute atomic E-state index is 12.5. The lowest BCUT2D eigenvalue weighted by Gasteiger charge is -2.57. The molecule has 0 N–H and O–H groups in total. The fourth-order valence-electron chi connectivity index (χ4n) is 5.25. The van der Waals surface area contributed by atoms with Crippen LogP contribution in [0.4, 0.5) is 0 Å². The van der Waals surface area contributed by atoms with Crippen molar-refractivity contribution in [1.29, 1.82) is 0 Å². The third-order valence-electron chi connectivity index (χ3n) is 6.67. The van der Waals surface area contributed by atoms with E-state index in [0.717, 1.165) is 32.1 Å². The second-order valence-corrected chi connectivity index (χ2v) is 7.96. The number of methoxy groups -OCH3 is 1. The first-order valence-corrected chi connectivity index (χ1v) is 8.85. The third-order valence-corrected chi connectivity index (χ3v) is 6.67. The topological polar surface area (TPSA) is 26.3 Å². The molecule has 23 heavy (non-hydrogen) atoms. The van der Waals surface area contributed by atoms with E-state index in [4.69, 9.17) is 4.74 Å². The molecule has 0 radical (unpaired) electrons. The minimum absolute atomic E-state index is 0.0301. The second kappa shape index (κ2) is 6.67. The largest absolute Gasteiger partial charge is 0.469 e. The summed E-state index contributed by atoms with van der Waals surface area (Å²) in [5.74, 6) is 0.794. The Labute approximate surface area is 141 Å². The smallest absolute Gasteiger partial charge is 0.311 e. The van der Waals surface area contributed by atoms with E-state index in [9.17, 15) is 4.79 Å². The van der Waals surface area contributed by atoms with Crippen molar-refractivity contribution in [1.82, 2.24) is 0 Å². The van der Waals surface area contributed by atoms with Gasteiger partial charge in [0.1, 0.15) is 0 Å². The van der Waals surface area contributed by atoms with Gasteiger partial charge in [0.05, 0.1) is 12.5 Å². The van der Waals surface area contributed by atoms with Crippen LogP contribution in [0.1, 0.15) is 59.3 Å². The first-order valence-electron chi connectivity index (χ1n) is 8.85. The zero-order valence-electron chi connectivity index (χ0n) is 15.3. The van der Waals surface area contributed by atoms with Gasteiger partial charge in [-0.25, -0.2) is 0 Å². The quantitative estimate of drug-likeness (QED) is 0.391. The Hall–Kier alpha value is -1.31. The van der Waals surface area contributed by atoms with Crippen LogP contribution in [0.3, 0.4) is 0 Å². The Kier molecular flexibility index (Phi) is 5.23. The SMILES string of the molecule is C=C/C(C)=C/C[C@H]1C(=C)CC[C@@H]2[C@]1(C)CCC[C@@]2(C)C(=O)OC. The molecule has 0 aromatic carbocycles. The van der Waals surface area contributed by atoms with Crippen molar-refractivity contribution in [3.63, 3.8) is 0 Å². The predicted octanol–water partition coefficient (Wildman–Crippen LogP) is 5.46. The molecule has 2 nitrogen and oxygen atoms in total. The van der Waals surface area contributed by atoms with Crippen LogP contribution in [0.25, 0.3) is 0 Å². The van der Waals surface area contributed by atoms with E-state index < -0.39 is 0 Å². The number of fused-ring (bicyclic) bond motifs is 1. The average molecular weight is 316 g/mol. The Morgan fingerprint density at radius 3 is 2.70 bits per heavy atom. The van der Waals surface area contributed by atoms with Gasteiger partial charge in [0.15, 0.2) is 0 Å². The molecule has 2 saturated carbocycles. The van der Waals surface area contributed by atoms with Gasteiger partial charge in [0.2, 0.25) is 0 Å². The van der Waals surface area contributed by atoms with Gasteiger partial charge in [-0.1, -0.05) is 49.8 Å². The number of allylic oxidation sites excluding steroid dienone is 4. The van der Waals surface area contributed by atoms with Crippen LogP contribution in [-0.4, -0.2) is 13.1 Å². The molecule has 0 bridgehead atoms. The summed E-state index contributed by atoms with van der Waals surface area (Å²) in [6.07, 6.45) is 10.5. The van der Waals surface area contributed by atoms with Crippen molar-refractivity contribution < 1.29 is 9.53 Å². The molecule has 128 valence electrons. The van der Waals surface area contributed by atoms with Crippen molar-refractivity contribution in [2.24, 2.45) is 22.7 Å².